The molecule has 0 aromatic heterocycles. The first-order valence-corrected chi connectivity index (χ1v) is 8.70. The standard InChI is InChI=1S/C18H18O3S/c1-13-8-10-16(11-9-13)22(19,20)17-12-14(2)21-18(17)15-6-4-3-5-7-15/h3-12,14,18H,1-2H3/t14-,18+/m1/s1. The molecular formula is C18H18O3S. The van der Waals surface area contributed by atoms with Gasteiger partial charge in [0.25, 0.3) is 0 Å². The lowest BCUT2D eigenvalue weighted by Gasteiger charge is -2.16. The molecule has 0 fully saturated rings. The maximum atomic E-state index is 12.9. The number of hydrogen-bond donors (Lipinski definition) is 0. The third-order valence-electron chi connectivity index (χ3n) is 3.75. The minimum atomic E-state index is -3.55. The van der Waals surface area contributed by atoms with Crippen LogP contribution in [0.5, 0.6) is 0 Å². The van der Waals surface area contributed by atoms with Gasteiger partial charge in [0, 0.05) is 0 Å². The molecule has 22 heavy (non-hydrogen) atoms. The van der Waals surface area contributed by atoms with E-state index in [1.807, 2.05) is 56.3 Å². The number of ether oxygens (including phenoxy) is 1. The van der Waals surface area contributed by atoms with Gasteiger partial charge in [-0.05, 0) is 37.6 Å². The van der Waals surface area contributed by atoms with Crippen molar-refractivity contribution in [3.63, 3.8) is 0 Å². The van der Waals surface area contributed by atoms with E-state index in [9.17, 15) is 8.42 Å². The second-order valence-electron chi connectivity index (χ2n) is 5.52. The fourth-order valence-corrected chi connectivity index (χ4v) is 4.21. The van der Waals surface area contributed by atoms with Gasteiger partial charge >= 0.3 is 0 Å². The van der Waals surface area contributed by atoms with Gasteiger partial charge in [0.1, 0.15) is 6.10 Å². The molecule has 1 heterocycles. The molecule has 0 N–H and O–H groups in total. The lowest BCUT2D eigenvalue weighted by atomic mass is 10.1. The van der Waals surface area contributed by atoms with E-state index in [0.717, 1.165) is 11.1 Å². The van der Waals surface area contributed by atoms with E-state index in [4.69, 9.17) is 4.74 Å². The van der Waals surface area contributed by atoms with Crippen LogP contribution in [-0.2, 0) is 14.6 Å². The second-order valence-corrected chi connectivity index (χ2v) is 7.47. The average molecular weight is 314 g/mol. The van der Waals surface area contributed by atoms with Gasteiger partial charge in [-0.2, -0.15) is 0 Å². The van der Waals surface area contributed by atoms with Crippen molar-refractivity contribution < 1.29 is 13.2 Å². The van der Waals surface area contributed by atoms with Crippen LogP contribution >= 0.6 is 0 Å². The third-order valence-corrected chi connectivity index (χ3v) is 5.62. The lowest BCUT2D eigenvalue weighted by Crippen LogP contribution is -2.11. The Balaban J connectivity index is 2.04. The van der Waals surface area contributed by atoms with Crippen LogP contribution < -0.4 is 0 Å². The summed E-state index contributed by atoms with van der Waals surface area (Å²) in [6.07, 6.45) is 0.940. The summed E-state index contributed by atoms with van der Waals surface area (Å²) in [4.78, 5) is 0.637. The molecule has 0 saturated heterocycles. The van der Waals surface area contributed by atoms with Gasteiger partial charge in [-0.25, -0.2) is 8.42 Å². The lowest BCUT2D eigenvalue weighted by molar-refractivity contribution is 0.0697. The van der Waals surface area contributed by atoms with Crippen LogP contribution in [0.25, 0.3) is 0 Å². The highest BCUT2D eigenvalue weighted by molar-refractivity contribution is 7.95. The maximum absolute atomic E-state index is 12.9. The van der Waals surface area contributed by atoms with Crippen molar-refractivity contribution in [1.82, 2.24) is 0 Å². The van der Waals surface area contributed by atoms with Crippen LogP contribution in [0.15, 0.2) is 70.5 Å². The Bertz CT molecular complexity index is 790. The van der Waals surface area contributed by atoms with Gasteiger partial charge in [0.15, 0.2) is 0 Å². The minimum Gasteiger partial charge on any atom is -0.361 e. The highest BCUT2D eigenvalue weighted by Gasteiger charge is 2.35. The number of hydrogen-bond acceptors (Lipinski definition) is 3. The van der Waals surface area contributed by atoms with Crippen LogP contribution in [0, 0.1) is 6.92 Å². The molecule has 114 valence electrons. The van der Waals surface area contributed by atoms with Gasteiger partial charge < -0.3 is 4.74 Å². The third kappa shape index (κ3) is 2.72. The SMILES string of the molecule is Cc1ccc(S(=O)(=O)C2=C[C@@H](C)O[C@H]2c2ccccc2)cc1. The van der Waals surface area contributed by atoms with Crippen LogP contribution in [0.2, 0.25) is 0 Å². The van der Waals surface area contributed by atoms with Gasteiger partial charge in [0.2, 0.25) is 9.84 Å². The molecule has 2 aromatic carbocycles. The van der Waals surface area contributed by atoms with Crippen molar-refractivity contribution in [1.29, 1.82) is 0 Å². The van der Waals surface area contributed by atoms with Crippen LogP contribution in [0.3, 0.4) is 0 Å². The molecule has 1 aliphatic rings. The fraction of sp³-hybridized carbons (Fsp3) is 0.222. The topological polar surface area (TPSA) is 43.4 Å². The molecule has 0 radical (unpaired) electrons. The first-order valence-electron chi connectivity index (χ1n) is 7.22. The summed E-state index contributed by atoms with van der Waals surface area (Å²) in [6, 6.07) is 16.4. The zero-order valence-corrected chi connectivity index (χ0v) is 13.4. The summed E-state index contributed by atoms with van der Waals surface area (Å²) in [7, 11) is -3.55. The number of benzene rings is 2. The summed E-state index contributed by atoms with van der Waals surface area (Å²) in [5, 5.41) is 0. The summed E-state index contributed by atoms with van der Waals surface area (Å²) >= 11 is 0. The predicted octanol–water partition coefficient (Wildman–Crippen LogP) is 3.81. The second kappa shape index (κ2) is 5.71. The van der Waals surface area contributed by atoms with Gasteiger partial charge in [-0.1, -0.05) is 48.0 Å². The molecule has 0 aliphatic carbocycles. The molecule has 0 unspecified atom stereocenters. The largest absolute Gasteiger partial charge is 0.361 e. The Kier molecular flexibility index (Phi) is 3.89. The first-order chi connectivity index (χ1) is 10.5. The molecule has 0 bridgehead atoms. The molecule has 1 aliphatic heterocycles. The zero-order chi connectivity index (χ0) is 15.7. The smallest absolute Gasteiger partial charge is 0.205 e. The van der Waals surface area contributed by atoms with E-state index in [1.54, 1.807) is 18.2 Å². The van der Waals surface area contributed by atoms with E-state index < -0.39 is 15.9 Å². The Morgan fingerprint density at radius 3 is 2.23 bits per heavy atom. The monoisotopic (exact) mass is 314 g/mol. The van der Waals surface area contributed by atoms with E-state index in [2.05, 4.69) is 0 Å². The Labute approximate surface area is 131 Å². The highest BCUT2D eigenvalue weighted by Crippen LogP contribution is 2.39. The molecule has 0 saturated carbocycles. The van der Waals surface area contributed by atoms with Gasteiger partial charge in [-0.15, -0.1) is 0 Å². The molecule has 0 spiro atoms. The summed E-state index contributed by atoms with van der Waals surface area (Å²) in [5.41, 5.74) is 1.89. The van der Waals surface area contributed by atoms with E-state index in [1.165, 1.54) is 0 Å². The number of sulfone groups is 1. The van der Waals surface area contributed by atoms with E-state index in [0.29, 0.717) is 9.80 Å². The van der Waals surface area contributed by atoms with Gasteiger partial charge in [0.05, 0.1) is 15.9 Å². The first kappa shape index (κ1) is 15.0. The maximum Gasteiger partial charge on any atom is 0.205 e. The molecule has 3 nitrogen and oxygen atoms in total. The van der Waals surface area contributed by atoms with E-state index in [-0.39, 0.29) is 6.10 Å². The summed E-state index contributed by atoms with van der Waals surface area (Å²) in [6.45, 7) is 3.79. The molecule has 2 aromatic rings. The number of aryl methyl sites for hydroxylation is 1. The molecule has 2 atom stereocenters. The summed E-state index contributed by atoms with van der Waals surface area (Å²) < 4.78 is 31.7. The van der Waals surface area contributed by atoms with Gasteiger partial charge in [-0.3, -0.25) is 0 Å². The quantitative estimate of drug-likeness (QED) is 0.865. The minimum absolute atomic E-state index is 0.222. The molecule has 0 amide bonds. The molecular weight excluding hydrogens is 296 g/mol. The van der Waals surface area contributed by atoms with Crippen molar-refractivity contribution in [3.8, 4) is 0 Å². The van der Waals surface area contributed by atoms with Crippen molar-refractivity contribution in [2.45, 2.75) is 31.0 Å². The van der Waals surface area contributed by atoms with Crippen molar-refractivity contribution in [3.05, 3.63) is 76.7 Å². The highest BCUT2D eigenvalue weighted by atomic mass is 32.2. The number of rotatable bonds is 3. The Morgan fingerprint density at radius 1 is 0.955 bits per heavy atom. The van der Waals surface area contributed by atoms with Crippen LogP contribution in [-0.4, -0.2) is 14.5 Å². The van der Waals surface area contributed by atoms with Crippen LogP contribution in [0.1, 0.15) is 24.2 Å². The van der Waals surface area contributed by atoms with Crippen LogP contribution in [0.4, 0.5) is 0 Å². The Morgan fingerprint density at radius 2 is 1.59 bits per heavy atom. The summed E-state index contributed by atoms with van der Waals surface area (Å²) in [5.74, 6) is 0. The fourth-order valence-electron chi connectivity index (χ4n) is 2.59. The molecule has 4 heteroatoms. The van der Waals surface area contributed by atoms with Crippen molar-refractivity contribution in [2.24, 2.45) is 0 Å². The average Bonchev–Trinajstić information content (AvgIpc) is 2.91. The predicted molar refractivity (Wildman–Crippen MR) is 86.2 cm³/mol. The normalized spacial score (nSPS) is 21.6. The zero-order valence-electron chi connectivity index (χ0n) is 12.6. The molecule has 3 rings (SSSR count). The van der Waals surface area contributed by atoms with Crippen molar-refractivity contribution in [2.75, 3.05) is 0 Å². The van der Waals surface area contributed by atoms with Crippen molar-refractivity contribution >= 4 is 9.84 Å². The van der Waals surface area contributed by atoms with E-state index >= 15 is 0 Å². The Hall–Kier alpha value is -1.91.